The smallest absolute Gasteiger partial charge is 0.416 e. The summed E-state index contributed by atoms with van der Waals surface area (Å²) in [6.45, 7) is 2.11. The zero-order valence-electron chi connectivity index (χ0n) is 16.8. The molecule has 1 N–H and O–H groups in total. The van der Waals surface area contributed by atoms with Gasteiger partial charge in [-0.25, -0.2) is 9.69 Å². The Balaban J connectivity index is 1.81. The van der Waals surface area contributed by atoms with Crippen molar-refractivity contribution in [3.05, 3.63) is 65.7 Å². The fourth-order valence-electron chi connectivity index (χ4n) is 3.71. The molecule has 2 amide bonds. The molecule has 0 radical (unpaired) electrons. The van der Waals surface area contributed by atoms with Crippen LogP contribution in [0.15, 0.2) is 54.6 Å². The summed E-state index contributed by atoms with van der Waals surface area (Å²) in [6.07, 6.45) is 0.0394. The Kier molecular flexibility index (Phi) is 6.88. The lowest BCUT2D eigenvalue weighted by atomic mass is 9.90. The highest BCUT2D eigenvalue weighted by Crippen LogP contribution is 2.31. The number of rotatable bonds is 8. The first kappa shape index (κ1) is 20.9. The normalized spacial score (nSPS) is 18.2. The van der Waals surface area contributed by atoms with E-state index >= 15 is 0 Å². The summed E-state index contributed by atoms with van der Waals surface area (Å²) in [4.78, 5) is 26.9. The molecular formula is C23H27NO5. The summed E-state index contributed by atoms with van der Waals surface area (Å²) in [5.41, 5.74) is 1.64. The van der Waals surface area contributed by atoms with Crippen LogP contribution in [0.2, 0.25) is 0 Å². The summed E-state index contributed by atoms with van der Waals surface area (Å²) in [6, 6.07) is 16.3. The number of hydrogen-bond donors (Lipinski definition) is 1. The maximum atomic E-state index is 13.3. The molecule has 0 spiro atoms. The van der Waals surface area contributed by atoms with E-state index < -0.39 is 24.0 Å². The fraction of sp³-hybridized carbons (Fsp3) is 0.391. The highest BCUT2D eigenvalue weighted by molar-refractivity contribution is 5.95. The predicted molar refractivity (Wildman–Crippen MR) is 108 cm³/mol. The number of benzene rings is 2. The number of methoxy groups -OCH3 is 1. The Morgan fingerprint density at radius 2 is 1.90 bits per heavy atom. The van der Waals surface area contributed by atoms with Gasteiger partial charge in [-0.05, 0) is 36.1 Å². The minimum absolute atomic E-state index is 0.164. The van der Waals surface area contributed by atoms with Crippen molar-refractivity contribution in [2.75, 3.05) is 13.7 Å². The third-order valence-corrected chi connectivity index (χ3v) is 5.27. The summed E-state index contributed by atoms with van der Waals surface area (Å²) in [5, 5.41) is 10.9. The second-order valence-electron chi connectivity index (χ2n) is 7.24. The number of carbonyl (C=O) groups excluding carboxylic acids is 2. The van der Waals surface area contributed by atoms with Gasteiger partial charge in [0.25, 0.3) is 0 Å². The van der Waals surface area contributed by atoms with Crippen LogP contribution in [0.4, 0.5) is 4.79 Å². The Morgan fingerprint density at radius 1 is 1.21 bits per heavy atom. The van der Waals surface area contributed by atoms with Crippen molar-refractivity contribution in [1.29, 1.82) is 0 Å². The van der Waals surface area contributed by atoms with Crippen LogP contribution in [0.3, 0.4) is 0 Å². The SMILES string of the molecule is CCC[C@@H](C(=O)N1C(=O)OC[C@@H]1Cc1ccccc1)[C@H](O)c1ccc(OC)cc1. The van der Waals surface area contributed by atoms with Gasteiger partial charge in [-0.15, -0.1) is 0 Å². The van der Waals surface area contributed by atoms with Crippen LogP contribution < -0.4 is 4.74 Å². The average Bonchev–Trinajstić information content (AvgIpc) is 3.11. The molecule has 1 saturated heterocycles. The van der Waals surface area contributed by atoms with E-state index in [4.69, 9.17) is 9.47 Å². The third kappa shape index (κ3) is 4.77. The van der Waals surface area contributed by atoms with E-state index in [1.54, 1.807) is 31.4 Å². The van der Waals surface area contributed by atoms with Gasteiger partial charge in [0, 0.05) is 0 Å². The number of hydrogen-bond acceptors (Lipinski definition) is 5. The van der Waals surface area contributed by atoms with Gasteiger partial charge in [0.15, 0.2) is 0 Å². The second-order valence-corrected chi connectivity index (χ2v) is 7.24. The molecule has 0 unspecified atom stereocenters. The zero-order valence-corrected chi connectivity index (χ0v) is 16.8. The largest absolute Gasteiger partial charge is 0.497 e. The van der Waals surface area contributed by atoms with Crippen LogP contribution >= 0.6 is 0 Å². The maximum absolute atomic E-state index is 13.3. The Bertz CT molecular complexity index is 821. The van der Waals surface area contributed by atoms with Crippen molar-refractivity contribution in [2.24, 2.45) is 5.92 Å². The molecule has 1 aliphatic rings. The van der Waals surface area contributed by atoms with Crippen molar-refractivity contribution in [1.82, 2.24) is 4.90 Å². The minimum Gasteiger partial charge on any atom is -0.497 e. The Morgan fingerprint density at radius 3 is 2.52 bits per heavy atom. The van der Waals surface area contributed by atoms with E-state index in [9.17, 15) is 14.7 Å². The summed E-state index contributed by atoms with van der Waals surface area (Å²) in [7, 11) is 1.57. The molecule has 29 heavy (non-hydrogen) atoms. The van der Waals surface area contributed by atoms with Crippen molar-refractivity contribution in [2.45, 2.75) is 38.3 Å². The molecule has 2 aromatic rings. The molecule has 2 aromatic carbocycles. The van der Waals surface area contributed by atoms with E-state index in [1.165, 1.54) is 4.90 Å². The lowest BCUT2D eigenvalue weighted by Gasteiger charge is -2.28. The van der Waals surface area contributed by atoms with E-state index in [0.29, 0.717) is 30.6 Å². The first-order valence-corrected chi connectivity index (χ1v) is 9.91. The molecular weight excluding hydrogens is 370 g/mol. The number of ether oxygens (including phenoxy) is 2. The molecule has 1 fully saturated rings. The molecule has 3 rings (SSSR count). The first-order chi connectivity index (χ1) is 14.0. The van der Waals surface area contributed by atoms with Gasteiger partial charge in [0.05, 0.1) is 25.2 Å². The van der Waals surface area contributed by atoms with E-state index in [0.717, 1.165) is 5.56 Å². The van der Waals surface area contributed by atoms with Gasteiger partial charge in [-0.2, -0.15) is 0 Å². The average molecular weight is 397 g/mol. The van der Waals surface area contributed by atoms with Crippen LogP contribution in [0.1, 0.15) is 37.0 Å². The molecule has 0 aromatic heterocycles. The maximum Gasteiger partial charge on any atom is 0.416 e. The summed E-state index contributed by atoms with van der Waals surface area (Å²) < 4.78 is 10.3. The molecule has 1 heterocycles. The van der Waals surface area contributed by atoms with E-state index in [1.807, 2.05) is 37.3 Å². The highest BCUT2D eigenvalue weighted by atomic mass is 16.6. The van der Waals surface area contributed by atoms with Crippen molar-refractivity contribution in [3.8, 4) is 5.75 Å². The summed E-state index contributed by atoms with van der Waals surface area (Å²) in [5.74, 6) is -0.443. The number of cyclic esters (lactones) is 1. The minimum atomic E-state index is -1.01. The molecule has 154 valence electrons. The molecule has 0 aliphatic carbocycles. The lowest BCUT2D eigenvalue weighted by molar-refractivity contribution is -0.137. The van der Waals surface area contributed by atoms with Gasteiger partial charge >= 0.3 is 6.09 Å². The number of amides is 2. The number of imide groups is 1. The van der Waals surface area contributed by atoms with Crippen molar-refractivity contribution >= 4 is 12.0 Å². The third-order valence-electron chi connectivity index (χ3n) is 5.27. The van der Waals surface area contributed by atoms with Gasteiger partial charge in [-0.1, -0.05) is 55.8 Å². The molecule has 0 saturated carbocycles. The first-order valence-electron chi connectivity index (χ1n) is 9.91. The van der Waals surface area contributed by atoms with E-state index in [2.05, 4.69) is 0 Å². The Labute approximate surface area is 171 Å². The Hall–Kier alpha value is -2.86. The van der Waals surface area contributed by atoms with Gasteiger partial charge in [0.2, 0.25) is 5.91 Å². The topological polar surface area (TPSA) is 76.1 Å². The zero-order chi connectivity index (χ0) is 20.8. The van der Waals surface area contributed by atoms with Gasteiger partial charge in [-0.3, -0.25) is 4.79 Å². The van der Waals surface area contributed by atoms with Gasteiger partial charge in [0.1, 0.15) is 12.4 Å². The summed E-state index contributed by atoms with van der Waals surface area (Å²) >= 11 is 0. The number of nitrogens with zero attached hydrogens (tertiary/aromatic N) is 1. The second kappa shape index (κ2) is 9.56. The van der Waals surface area contributed by atoms with Crippen molar-refractivity contribution < 1.29 is 24.2 Å². The molecule has 3 atom stereocenters. The number of aliphatic hydroxyl groups is 1. The van der Waals surface area contributed by atoms with Crippen LogP contribution in [0.5, 0.6) is 5.75 Å². The van der Waals surface area contributed by atoms with Crippen LogP contribution in [0, 0.1) is 5.92 Å². The molecule has 1 aliphatic heterocycles. The molecule has 6 nitrogen and oxygen atoms in total. The van der Waals surface area contributed by atoms with Crippen LogP contribution in [-0.4, -0.2) is 41.8 Å². The van der Waals surface area contributed by atoms with Gasteiger partial charge < -0.3 is 14.6 Å². The number of carbonyl (C=O) groups is 2. The fourth-order valence-corrected chi connectivity index (χ4v) is 3.71. The highest BCUT2D eigenvalue weighted by Gasteiger charge is 2.42. The quantitative estimate of drug-likeness (QED) is 0.734. The van der Waals surface area contributed by atoms with E-state index in [-0.39, 0.29) is 12.6 Å². The monoisotopic (exact) mass is 397 g/mol. The predicted octanol–water partition coefficient (Wildman–Crippen LogP) is 3.74. The van der Waals surface area contributed by atoms with Crippen LogP contribution in [0.25, 0.3) is 0 Å². The number of aliphatic hydroxyl groups excluding tert-OH is 1. The van der Waals surface area contributed by atoms with Crippen LogP contribution in [-0.2, 0) is 16.0 Å². The molecule has 0 bridgehead atoms. The van der Waals surface area contributed by atoms with Crippen molar-refractivity contribution in [3.63, 3.8) is 0 Å². The molecule has 6 heteroatoms. The lowest BCUT2D eigenvalue weighted by Crippen LogP contribution is -2.45. The standard InChI is InChI=1S/C23H27NO5/c1-3-7-20(21(25)17-10-12-19(28-2)13-11-17)22(26)24-18(15-29-23(24)27)14-16-8-5-4-6-9-16/h4-6,8-13,18,20-21,25H,3,7,14-15H2,1-2H3/t18-,20+,21+/m0/s1.